The van der Waals surface area contributed by atoms with Gasteiger partial charge >= 0.3 is 5.97 Å². The van der Waals surface area contributed by atoms with Gasteiger partial charge in [0, 0.05) is 18.0 Å². The van der Waals surface area contributed by atoms with Gasteiger partial charge in [0.1, 0.15) is 12.6 Å². The number of nitrogens with zero attached hydrogens (tertiary/aromatic N) is 1. The molecule has 0 aliphatic heterocycles. The van der Waals surface area contributed by atoms with Gasteiger partial charge in [0.2, 0.25) is 5.91 Å². The SMILES string of the molecule is CC(C)C[C@H](N)C(=O)n1cc(C[C@H](N)C(=O)OCc2ccccc2)c2ccccc21. The van der Waals surface area contributed by atoms with Crippen LogP contribution in [0.25, 0.3) is 10.9 Å². The number of aromatic nitrogens is 1. The van der Waals surface area contributed by atoms with E-state index in [-0.39, 0.29) is 18.9 Å². The number of para-hydroxylation sites is 1. The number of ether oxygens (including phenoxy) is 1. The van der Waals surface area contributed by atoms with Gasteiger partial charge in [-0.05, 0) is 29.5 Å². The zero-order valence-electron chi connectivity index (χ0n) is 17.5. The van der Waals surface area contributed by atoms with E-state index >= 15 is 0 Å². The number of hydrogen-bond acceptors (Lipinski definition) is 5. The molecule has 4 N–H and O–H groups in total. The molecule has 0 saturated carbocycles. The van der Waals surface area contributed by atoms with E-state index in [4.69, 9.17) is 16.2 Å². The molecule has 0 spiro atoms. The van der Waals surface area contributed by atoms with Crippen molar-refractivity contribution < 1.29 is 14.3 Å². The Balaban J connectivity index is 1.75. The minimum Gasteiger partial charge on any atom is -0.460 e. The van der Waals surface area contributed by atoms with E-state index in [1.54, 1.807) is 10.8 Å². The Morgan fingerprint density at radius 1 is 0.967 bits per heavy atom. The largest absolute Gasteiger partial charge is 0.460 e. The van der Waals surface area contributed by atoms with Crippen molar-refractivity contribution >= 4 is 22.8 Å². The maximum atomic E-state index is 12.9. The quantitative estimate of drug-likeness (QED) is 0.558. The Hall–Kier alpha value is -2.96. The zero-order valence-corrected chi connectivity index (χ0v) is 17.5. The summed E-state index contributed by atoms with van der Waals surface area (Å²) in [5, 5.41) is 0.883. The average molecular weight is 408 g/mol. The number of nitrogens with two attached hydrogens (primary N) is 2. The van der Waals surface area contributed by atoms with Crippen molar-refractivity contribution in [1.29, 1.82) is 0 Å². The Morgan fingerprint density at radius 3 is 2.33 bits per heavy atom. The van der Waals surface area contributed by atoms with Crippen LogP contribution in [-0.2, 0) is 22.6 Å². The van der Waals surface area contributed by atoms with E-state index in [2.05, 4.69) is 0 Å². The molecule has 0 saturated heterocycles. The van der Waals surface area contributed by atoms with Crippen molar-refractivity contribution in [1.82, 2.24) is 4.57 Å². The van der Waals surface area contributed by atoms with Gasteiger partial charge in [-0.25, -0.2) is 0 Å². The molecule has 0 amide bonds. The fraction of sp³-hybridized carbons (Fsp3) is 0.333. The number of carbonyl (C=O) groups excluding carboxylic acids is 2. The van der Waals surface area contributed by atoms with E-state index in [0.29, 0.717) is 12.3 Å². The molecule has 6 heteroatoms. The molecule has 1 heterocycles. The lowest BCUT2D eigenvalue weighted by Gasteiger charge is -2.14. The first kappa shape index (κ1) is 21.7. The van der Waals surface area contributed by atoms with Gasteiger partial charge in [0.15, 0.2) is 0 Å². The Morgan fingerprint density at radius 2 is 1.63 bits per heavy atom. The molecule has 2 atom stereocenters. The first-order valence-corrected chi connectivity index (χ1v) is 10.2. The summed E-state index contributed by atoms with van der Waals surface area (Å²) in [6.45, 7) is 4.25. The van der Waals surface area contributed by atoms with Crippen LogP contribution in [0.5, 0.6) is 0 Å². The minimum atomic E-state index is -0.826. The molecule has 6 nitrogen and oxygen atoms in total. The molecule has 0 aliphatic carbocycles. The fourth-order valence-corrected chi connectivity index (χ4v) is 3.54. The van der Waals surface area contributed by atoms with Crippen LogP contribution in [0.1, 0.15) is 36.2 Å². The van der Waals surface area contributed by atoms with Crippen LogP contribution in [-0.4, -0.2) is 28.5 Å². The summed E-state index contributed by atoms with van der Waals surface area (Å²) >= 11 is 0. The predicted molar refractivity (Wildman–Crippen MR) is 118 cm³/mol. The molecule has 1 aromatic heterocycles. The summed E-state index contributed by atoms with van der Waals surface area (Å²) in [6, 6.07) is 15.6. The normalized spacial score (nSPS) is 13.4. The Kier molecular flexibility index (Phi) is 7.03. The van der Waals surface area contributed by atoms with Gasteiger partial charge in [-0.1, -0.05) is 62.4 Å². The highest BCUT2D eigenvalue weighted by Gasteiger charge is 2.23. The summed E-state index contributed by atoms with van der Waals surface area (Å²) in [4.78, 5) is 25.3. The van der Waals surface area contributed by atoms with Gasteiger partial charge < -0.3 is 16.2 Å². The first-order valence-electron chi connectivity index (χ1n) is 10.2. The molecule has 0 fully saturated rings. The van der Waals surface area contributed by atoms with Crippen LogP contribution >= 0.6 is 0 Å². The van der Waals surface area contributed by atoms with Gasteiger partial charge in [-0.15, -0.1) is 0 Å². The Bertz CT molecular complexity index is 1010. The molecule has 3 aromatic rings. The molecule has 0 radical (unpaired) electrons. The topological polar surface area (TPSA) is 100 Å². The van der Waals surface area contributed by atoms with Crippen molar-refractivity contribution in [3.63, 3.8) is 0 Å². The standard InChI is InChI=1S/C24H29N3O3/c1-16(2)12-20(25)23(28)27-14-18(19-10-6-7-11-22(19)27)13-21(26)24(29)30-15-17-8-4-3-5-9-17/h3-11,14,16,20-21H,12-13,15,25-26H2,1-2H3/t20-,21-/m0/s1. The van der Waals surface area contributed by atoms with E-state index in [1.165, 1.54) is 0 Å². The molecule has 2 aromatic carbocycles. The maximum Gasteiger partial charge on any atom is 0.323 e. The van der Waals surface area contributed by atoms with E-state index in [0.717, 1.165) is 22.0 Å². The van der Waals surface area contributed by atoms with Crippen molar-refractivity contribution in [2.75, 3.05) is 0 Å². The van der Waals surface area contributed by atoms with Gasteiger partial charge in [0.05, 0.1) is 11.6 Å². The summed E-state index contributed by atoms with van der Waals surface area (Å²) < 4.78 is 6.94. The van der Waals surface area contributed by atoms with Crippen LogP contribution in [0.3, 0.4) is 0 Å². The van der Waals surface area contributed by atoms with Crippen molar-refractivity contribution in [2.24, 2.45) is 17.4 Å². The number of carbonyl (C=O) groups is 2. The summed E-state index contributed by atoms with van der Waals surface area (Å²) in [6.07, 6.45) is 2.62. The zero-order chi connectivity index (χ0) is 21.7. The van der Waals surface area contributed by atoms with Crippen molar-refractivity contribution in [2.45, 2.75) is 45.4 Å². The first-order chi connectivity index (χ1) is 14.4. The molecular weight excluding hydrogens is 378 g/mol. The average Bonchev–Trinajstić information content (AvgIpc) is 3.10. The van der Waals surface area contributed by atoms with Crippen LogP contribution in [0.15, 0.2) is 60.8 Å². The number of hydrogen-bond donors (Lipinski definition) is 2. The summed E-state index contributed by atoms with van der Waals surface area (Å²) in [5.74, 6) is -0.317. The smallest absolute Gasteiger partial charge is 0.323 e. The lowest BCUT2D eigenvalue weighted by Crippen LogP contribution is -2.35. The lowest BCUT2D eigenvalue weighted by molar-refractivity contribution is -0.146. The second-order valence-corrected chi connectivity index (χ2v) is 8.02. The van der Waals surface area contributed by atoms with Crippen molar-refractivity contribution in [3.05, 3.63) is 71.9 Å². The molecule has 158 valence electrons. The Labute approximate surface area is 176 Å². The maximum absolute atomic E-state index is 12.9. The molecule has 0 aliphatic rings. The fourth-order valence-electron chi connectivity index (χ4n) is 3.54. The van der Waals surface area contributed by atoms with Crippen LogP contribution in [0, 0.1) is 5.92 Å². The number of benzene rings is 2. The third-order valence-electron chi connectivity index (χ3n) is 5.04. The number of esters is 1. The van der Waals surface area contributed by atoms with Crippen LogP contribution < -0.4 is 11.5 Å². The highest BCUT2D eigenvalue weighted by molar-refractivity contribution is 5.96. The third kappa shape index (κ3) is 5.14. The van der Waals surface area contributed by atoms with Gasteiger partial charge in [-0.3, -0.25) is 14.2 Å². The van der Waals surface area contributed by atoms with Gasteiger partial charge in [0.25, 0.3) is 0 Å². The number of fused-ring (bicyclic) bond motifs is 1. The highest BCUT2D eigenvalue weighted by atomic mass is 16.5. The third-order valence-corrected chi connectivity index (χ3v) is 5.04. The molecule has 0 unspecified atom stereocenters. The minimum absolute atomic E-state index is 0.161. The molecular formula is C24H29N3O3. The second-order valence-electron chi connectivity index (χ2n) is 8.02. The molecule has 0 bridgehead atoms. The van der Waals surface area contributed by atoms with E-state index in [1.807, 2.05) is 68.4 Å². The predicted octanol–water partition coefficient (Wildman–Crippen LogP) is 3.27. The highest BCUT2D eigenvalue weighted by Crippen LogP contribution is 2.23. The van der Waals surface area contributed by atoms with Crippen LogP contribution in [0.2, 0.25) is 0 Å². The lowest BCUT2D eigenvalue weighted by atomic mass is 10.0. The van der Waals surface area contributed by atoms with E-state index < -0.39 is 18.1 Å². The van der Waals surface area contributed by atoms with Crippen LogP contribution in [0.4, 0.5) is 0 Å². The summed E-state index contributed by atoms with van der Waals surface area (Å²) in [7, 11) is 0. The molecule has 3 rings (SSSR count). The number of rotatable bonds is 8. The van der Waals surface area contributed by atoms with Crippen molar-refractivity contribution in [3.8, 4) is 0 Å². The molecule has 30 heavy (non-hydrogen) atoms. The monoisotopic (exact) mass is 407 g/mol. The summed E-state index contributed by atoms with van der Waals surface area (Å²) in [5.41, 5.74) is 14.7. The second kappa shape index (κ2) is 9.69. The van der Waals surface area contributed by atoms with Gasteiger partial charge in [-0.2, -0.15) is 0 Å². The van der Waals surface area contributed by atoms with E-state index in [9.17, 15) is 9.59 Å².